The molecule has 0 aliphatic carbocycles. The normalized spacial score (nSPS) is 12.9. The smallest absolute Gasteiger partial charge is 0.408 e. The highest BCUT2D eigenvalue weighted by atomic mass is 16.6. The fraction of sp³-hybridized carbons (Fsp3) is 0.323. The maximum atomic E-state index is 13.9. The van der Waals surface area contributed by atoms with Gasteiger partial charge >= 0.3 is 6.09 Å². The number of nitrogens with one attached hydrogen (secondary N) is 2. The molecule has 3 rings (SSSR count). The third-order valence-electron chi connectivity index (χ3n) is 5.99. The number of nitrogens with zero attached hydrogens (tertiary/aromatic N) is 1. The molecule has 39 heavy (non-hydrogen) atoms. The predicted molar refractivity (Wildman–Crippen MR) is 154 cm³/mol. The van der Waals surface area contributed by atoms with Crippen LogP contribution in [0.4, 0.5) is 10.5 Å². The lowest BCUT2D eigenvalue weighted by molar-refractivity contribution is -0.143. The molecule has 8 nitrogen and oxygen atoms in total. The van der Waals surface area contributed by atoms with E-state index in [0.717, 1.165) is 16.3 Å². The minimum atomic E-state index is -1.32. The molecule has 0 fully saturated rings. The monoisotopic (exact) mass is 531 g/mol. The van der Waals surface area contributed by atoms with Gasteiger partial charge in [0.25, 0.3) is 5.91 Å². The van der Waals surface area contributed by atoms with E-state index >= 15 is 0 Å². The topological polar surface area (TPSA) is 108 Å². The Balaban J connectivity index is 2.00. The number of aliphatic hydroxyl groups excluding tert-OH is 1. The summed E-state index contributed by atoms with van der Waals surface area (Å²) in [6.45, 7) is 11.8. The lowest BCUT2D eigenvalue weighted by atomic mass is 9.99. The number of carbonyl (C=O) groups is 3. The Morgan fingerprint density at radius 2 is 1.69 bits per heavy atom. The second-order valence-electron chi connectivity index (χ2n) is 10.5. The van der Waals surface area contributed by atoms with Gasteiger partial charge in [-0.25, -0.2) is 4.79 Å². The first-order valence-corrected chi connectivity index (χ1v) is 12.9. The Morgan fingerprint density at radius 1 is 1.00 bits per heavy atom. The summed E-state index contributed by atoms with van der Waals surface area (Å²) in [5, 5.41) is 17.4. The van der Waals surface area contributed by atoms with Gasteiger partial charge in [0.1, 0.15) is 17.7 Å². The summed E-state index contributed by atoms with van der Waals surface area (Å²) in [6, 6.07) is 17.7. The van der Waals surface area contributed by atoms with Crippen LogP contribution in [0.1, 0.15) is 51.8 Å². The van der Waals surface area contributed by atoms with Crippen molar-refractivity contribution in [2.24, 2.45) is 0 Å². The molecule has 3 N–H and O–H groups in total. The lowest BCUT2D eigenvalue weighted by Gasteiger charge is -2.37. The molecule has 0 bridgehead atoms. The molecule has 3 aromatic carbocycles. The molecule has 0 saturated carbocycles. The average molecular weight is 532 g/mol. The predicted octanol–water partition coefficient (Wildman–Crippen LogP) is 5.29. The van der Waals surface area contributed by atoms with Gasteiger partial charge in [-0.3, -0.25) is 9.59 Å². The van der Waals surface area contributed by atoms with Crippen LogP contribution in [0, 0.1) is 0 Å². The van der Waals surface area contributed by atoms with Crippen LogP contribution in [0.25, 0.3) is 16.8 Å². The van der Waals surface area contributed by atoms with E-state index in [4.69, 9.17) is 4.74 Å². The van der Waals surface area contributed by atoms with Gasteiger partial charge < -0.3 is 25.4 Å². The summed E-state index contributed by atoms with van der Waals surface area (Å²) in [6.07, 6.45) is 0.814. The quantitative estimate of drug-likeness (QED) is 0.348. The van der Waals surface area contributed by atoms with Gasteiger partial charge in [-0.1, -0.05) is 61.2 Å². The van der Waals surface area contributed by atoms with Crippen molar-refractivity contribution in [1.82, 2.24) is 10.2 Å². The fourth-order valence-corrected chi connectivity index (χ4v) is 4.27. The first kappa shape index (κ1) is 29.4. The van der Waals surface area contributed by atoms with Crippen molar-refractivity contribution in [3.05, 3.63) is 84.4 Å². The second-order valence-corrected chi connectivity index (χ2v) is 10.5. The van der Waals surface area contributed by atoms with Gasteiger partial charge in [0.15, 0.2) is 0 Å². The van der Waals surface area contributed by atoms with E-state index < -0.39 is 48.2 Å². The molecule has 3 amide bonds. The van der Waals surface area contributed by atoms with Crippen molar-refractivity contribution in [3.63, 3.8) is 0 Å². The summed E-state index contributed by atoms with van der Waals surface area (Å²) >= 11 is 0. The van der Waals surface area contributed by atoms with E-state index in [0.29, 0.717) is 11.3 Å². The van der Waals surface area contributed by atoms with Gasteiger partial charge in [0.05, 0.1) is 6.61 Å². The maximum Gasteiger partial charge on any atom is 0.408 e. The van der Waals surface area contributed by atoms with E-state index in [9.17, 15) is 19.5 Å². The summed E-state index contributed by atoms with van der Waals surface area (Å²) in [5.41, 5.74) is 1.11. The number of amides is 3. The van der Waals surface area contributed by atoms with Crippen molar-refractivity contribution in [3.8, 4) is 0 Å². The van der Waals surface area contributed by atoms with E-state index in [2.05, 4.69) is 17.2 Å². The van der Waals surface area contributed by atoms with Crippen molar-refractivity contribution in [2.45, 2.75) is 58.3 Å². The molecule has 0 aromatic heterocycles. The standard InChI is InChI=1S/C31H37N3O5/c1-7-21-11-10-14-24(17-21)27(28(36)32-25-16-15-22-12-8-9-13-23(22)18-25)34(20(2)3)29(37)26(19-35)33-30(38)39-31(4,5)6/h7-18,20,26-27,35H,1,19H2,2-6H3,(H,32,36)(H,33,38). The largest absolute Gasteiger partial charge is 0.444 e. The van der Waals surface area contributed by atoms with Crippen LogP contribution in [-0.4, -0.2) is 52.2 Å². The Bertz CT molecular complexity index is 1350. The zero-order valence-corrected chi connectivity index (χ0v) is 23.1. The van der Waals surface area contributed by atoms with Crippen LogP contribution in [0.5, 0.6) is 0 Å². The molecular weight excluding hydrogens is 494 g/mol. The number of anilines is 1. The van der Waals surface area contributed by atoms with Crippen molar-refractivity contribution < 1.29 is 24.2 Å². The van der Waals surface area contributed by atoms with E-state index in [1.54, 1.807) is 65.0 Å². The SMILES string of the molecule is C=Cc1cccc(C(C(=O)Nc2ccc3ccccc3c2)N(C(=O)C(CO)NC(=O)OC(C)(C)C)C(C)C)c1. The molecule has 206 valence electrons. The number of carbonyl (C=O) groups excluding carboxylic acids is 3. The Hall–Kier alpha value is -4.17. The van der Waals surface area contributed by atoms with E-state index in [-0.39, 0.29) is 0 Å². The zero-order valence-electron chi connectivity index (χ0n) is 23.1. The van der Waals surface area contributed by atoms with Crippen LogP contribution >= 0.6 is 0 Å². The van der Waals surface area contributed by atoms with Crippen LogP contribution < -0.4 is 10.6 Å². The number of hydrogen-bond donors (Lipinski definition) is 3. The summed E-state index contributed by atoms with van der Waals surface area (Å²) in [5.74, 6) is -1.07. The average Bonchev–Trinajstić information content (AvgIpc) is 2.88. The van der Waals surface area contributed by atoms with Gasteiger partial charge in [0.2, 0.25) is 5.91 Å². The van der Waals surface area contributed by atoms with E-state index in [1.807, 2.05) is 42.5 Å². The molecule has 3 aromatic rings. The molecule has 0 heterocycles. The first-order chi connectivity index (χ1) is 18.4. The lowest BCUT2D eigenvalue weighted by Crippen LogP contribution is -2.55. The number of benzene rings is 3. The van der Waals surface area contributed by atoms with Crippen molar-refractivity contribution in [2.75, 3.05) is 11.9 Å². The molecule has 0 radical (unpaired) electrons. The van der Waals surface area contributed by atoms with Crippen molar-refractivity contribution in [1.29, 1.82) is 0 Å². The Kier molecular flexibility index (Phi) is 9.48. The number of hydrogen-bond acceptors (Lipinski definition) is 5. The van der Waals surface area contributed by atoms with Crippen LogP contribution in [0.3, 0.4) is 0 Å². The second kappa shape index (κ2) is 12.6. The van der Waals surface area contributed by atoms with Crippen LogP contribution in [0.2, 0.25) is 0 Å². The third kappa shape index (κ3) is 7.67. The van der Waals surface area contributed by atoms with E-state index in [1.165, 1.54) is 4.90 Å². The Morgan fingerprint density at radius 3 is 2.31 bits per heavy atom. The molecule has 0 aliphatic rings. The van der Waals surface area contributed by atoms with Gasteiger partial charge in [-0.2, -0.15) is 0 Å². The van der Waals surface area contributed by atoms with Gasteiger partial charge in [-0.15, -0.1) is 0 Å². The van der Waals surface area contributed by atoms with Crippen LogP contribution in [-0.2, 0) is 14.3 Å². The summed E-state index contributed by atoms with van der Waals surface area (Å²) in [7, 11) is 0. The highest BCUT2D eigenvalue weighted by molar-refractivity contribution is 6.00. The first-order valence-electron chi connectivity index (χ1n) is 12.9. The van der Waals surface area contributed by atoms with Gasteiger partial charge in [-0.05, 0) is 74.7 Å². The van der Waals surface area contributed by atoms with Crippen LogP contribution in [0.15, 0.2) is 73.3 Å². The number of rotatable bonds is 9. The highest BCUT2D eigenvalue weighted by Crippen LogP contribution is 2.28. The molecule has 8 heteroatoms. The third-order valence-corrected chi connectivity index (χ3v) is 5.99. The zero-order chi connectivity index (χ0) is 28.7. The summed E-state index contributed by atoms with van der Waals surface area (Å²) < 4.78 is 5.28. The molecular formula is C31H37N3O5. The minimum absolute atomic E-state index is 0.442. The fourth-order valence-electron chi connectivity index (χ4n) is 4.27. The molecule has 2 atom stereocenters. The van der Waals surface area contributed by atoms with Gasteiger partial charge in [0, 0.05) is 11.7 Å². The number of alkyl carbamates (subject to hydrolysis) is 1. The Labute approximate surface area is 229 Å². The molecule has 0 saturated heterocycles. The maximum absolute atomic E-state index is 13.9. The molecule has 0 aliphatic heterocycles. The number of fused-ring (bicyclic) bond motifs is 1. The number of aliphatic hydroxyl groups is 1. The molecule has 0 spiro atoms. The molecule has 2 unspecified atom stereocenters. The number of ether oxygens (including phenoxy) is 1. The van der Waals surface area contributed by atoms with Crippen molar-refractivity contribution >= 4 is 40.4 Å². The minimum Gasteiger partial charge on any atom is -0.444 e. The summed E-state index contributed by atoms with van der Waals surface area (Å²) in [4.78, 5) is 41.5. The highest BCUT2D eigenvalue weighted by Gasteiger charge is 2.37.